The number of aliphatic carboxylic acids is 1. The third-order valence-corrected chi connectivity index (χ3v) is 9.28. The van der Waals surface area contributed by atoms with Gasteiger partial charge in [-0.25, -0.2) is 4.79 Å². The highest BCUT2D eigenvalue weighted by Gasteiger charge is 2.32. The Hall–Kier alpha value is -4.30. The molecule has 4 aromatic rings. The number of hydrogen-bond acceptors (Lipinski definition) is 7. The Morgan fingerprint density at radius 3 is 1.47 bits per heavy atom. The van der Waals surface area contributed by atoms with Crippen molar-refractivity contribution in [2.75, 3.05) is 16.9 Å². The predicted octanol–water partition coefficient (Wildman–Crippen LogP) is 8.90. The first-order valence-electron chi connectivity index (χ1n) is 16.0. The number of benzene rings is 4. The monoisotopic (exact) mass is 657 g/mol. The number of carboxylic acids is 1. The highest BCUT2D eigenvalue weighted by atomic mass is 32.2. The fourth-order valence-electron chi connectivity index (χ4n) is 5.98. The summed E-state index contributed by atoms with van der Waals surface area (Å²) in [5, 5.41) is 55.8. The Morgan fingerprint density at radius 2 is 1.11 bits per heavy atom. The van der Waals surface area contributed by atoms with E-state index in [9.17, 15) is 30.3 Å². The average Bonchev–Trinajstić information content (AvgIpc) is 3.00. The van der Waals surface area contributed by atoms with Crippen LogP contribution in [0.3, 0.4) is 0 Å². The standard InChI is InChI=1S/C39H47NO6S/c1-22(2)26-8-10-35(41)28(18-26)20-30-14-24(5)16-33(37(30)43)40(32(39(45)46)12-13-47-7)34-17-25(6)15-31(38(34)44)21-29-19-27(23(3)4)9-11-36(29)42/h8-11,14-19,22-23,32,41-44H,12-13,20-21H2,1-7H3,(H,45,46)/t32-/m0/s1. The molecule has 0 saturated carbocycles. The molecule has 4 rings (SSSR count). The molecule has 0 saturated heterocycles. The van der Waals surface area contributed by atoms with Crippen molar-refractivity contribution in [1.29, 1.82) is 0 Å². The number of hydrogen-bond donors (Lipinski definition) is 5. The van der Waals surface area contributed by atoms with Crippen molar-refractivity contribution in [3.63, 3.8) is 0 Å². The average molecular weight is 658 g/mol. The Balaban J connectivity index is 1.92. The van der Waals surface area contributed by atoms with Crippen LogP contribution in [0, 0.1) is 13.8 Å². The van der Waals surface area contributed by atoms with E-state index >= 15 is 0 Å². The molecule has 7 nitrogen and oxygen atoms in total. The van der Waals surface area contributed by atoms with Gasteiger partial charge in [0.1, 0.15) is 29.0 Å². The lowest BCUT2D eigenvalue weighted by molar-refractivity contribution is -0.138. The van der Waals surface area contributed by atoms with Gasteiger partial charge in [-0.2, -0.15) is 11.8 Å². The lowest BCUT2D eigenvalue weighted by Gasteiger charge is -2.33. The van der Waals surface area contributed by atoms with E-state index < -0.39 is 12.0 Å². The van der Waals surface area contributed by atoms with Gasteiger partial charge in [-0.15, -0.1) is 0 Å². The van der Waals surface area contributed by atoms with Crippen LogP contribution < -0.4 is 4.90 Å². The molecule has 47 heavy (non-hydrogen) atoms. The van der Waals surface area contributed by atoms with Gasteiger partial charge in [0.25, 0.3) is 0 Å². The number of phenolic OH excluding ortho intramolecular Hbond substituents is 4. The Morgan fingerprint density at radius 1 is 0.681 bits per heavy atom. The molecule has 0 amide bonds. The first kappa shape index (κ1) is 35.6. The van der Waals surface area contributed by atoms with Crippen molar-refractivity contribution < 1.29 is 30.3 Å². The van der Waals surface area contributed by atoms with Gasteiger partial charge in [0.15, 0.2) is 0 Å². The third kappa shape index (κ3) is 8.17. The number of phenols is 4. The molecular weight excluding hydrogens is 610 g/mol. The van der Waals surface area contributed by atoms with Crippen LogP contribution in [0.25, 0.3) is 0 Å². The molecule has 1 atom stereocenters. The molecule has 250 valence electrons. The van der Waals surface area contributed by atoms with Crippen LogP contribution in [0.15, 0.2) is 60.7 Å². The van der Waals surface area contributed by atoms with E-state index in [1.54, 1.807) is 24.3 Å². The van der Waals surface area contributed by atoms with E-state index in [1.165, 1.54) is 16.7 Å². The molecule has 0 bridgehead atoms. The van der Waals surface area contributed by atoms with E-state index in [2.05, 4.69) is 27.7 Å². The van der Waals surface area contributed by atoms with Crippen molar-refractivity contribution >= 4 is 29.1 Å². The van der Waals surface area contributed by atoms with Crippen molar-refractivity contribution in [3.05, 3.63) is 105 Å². The van der Waals surface area contributed by atoms with Crippen LogP contribution in [-0.4, -0.2) is 49.6 Å². The summed E-state index contributed by atoms with van der Waals surface area (Å²) in [5.74, 6) is -0.0765. The minimum Gasteiger partial charge on any atom is -0.508 e. The summed E-state index contributed by atoms with van der Waals surface area (Å²) in [5.41, 5.74) is 6.54. The molecule has 5 N–H and O–H groups in total. The van der Waals surface area contributed by atoms with Crippen LogP contribution in [0.1, 0.15) is 90.5 Å². The molecule has 8 heteroatoms. The van der Waals surface area contributed by atoms with E-state index in [4.69, 9.17) is 0 Å². The zero-order chi connectivity index (χ0) is 34.6. The highest BCUT2D eigenvalue weighted by molar-refractivity contribution is 7.98. The smallest absolute Gasteiger partial charge is 0.326 e. The summed E-state index contributed by atoms with van der Waals surface area (Å²) < 4.78 is 0. The highest BCUT2D eigenvalue weighted by Crippen LogP contribution is 2.45. The normalized spacial score (nSPS) is 12.1. The van der Waals surface area contributed by atoms with Crippen LogP contribution in [-0.2, 0) is 17.6 Å². The SMILES string of the molecule is CSCC[C@@H](C(=O)O)N(c1cc(C)cc(Cc2cc(C(C)C)ccc2O)c1O)c1cc(C)cc(Cc2cc(C(C)C)ccc2O)c1O. The van der Waals surface area contributed by atoms with Gasteiger partial charge in [0, 0.05) is 24.0 Å². The first-order chi connectivity index (χ1) is 22.2. The van der Waals surface area contributed by atoms with Crippen molar-refractivity contribution in [3.8, 4) is 23.0 Å². The number of thioether (sulfide) groups is 1. The number of aromatic hydroxyl groups is 4. The van der Waals surface area contributed by atoms with Crippen LogP contribution in [0.4, 0.5) is 11.4 Å². The van der Waals surface area contributed by atoms with Crippen LogP contribution in [0.5, 0.6) is 23.0 Å². The van der Waals surface area contributed by atoms with Crippen LogP contribution in [0.2, 0.25) is 0 Å². The second kappa shape index (κ2) is 15.1. The van der Waals surface area contributed by atoms with Gasteiger partial charge in [0.2, 0.25) is 0 Å². The number of nitrogens with zero attached hydrogens (tertiary/aromatic N) is 1. The van der Waals surface area contributed by atoms with Gasteiger partial charge < -0.3 is 30.4 Å². The zero-order valence-electron chi connectivity index (χ0n) is 28.3. The maximum absolute atomic E-state index is 12.9. The molecular formula is C39H47NO6S. The van der Waals surface area contributed by atoms with Crippen molar-refractivity contribution in [2.24, 2.45) is 0 Å². The number of carboxylic acid groups (broad SMARTS) is 1. The molecule has 0 aliphatic carbocycles. The van der Waals surface area contributed by atoms with Crippen molar-refractivity contribution in [1.82, 2.24) is 0 Å². The molecule has 0 aliphatic rings. The van der Waals surface area contributed by atoms with Gasteiger partial charge >= 0.3 is 5.97 Å². The summed E-state index contributed by atoms with van der Waals surface area (Å²) in [6, 6.07) is 17.0. The maximum Gasteiger partial charge on any atom is 0.326 e. The van der Waals surface area contributed by atoms with Gasteiger partial charge in [0.05, 0.1) is 11.4 Å². The summed E-state index contributed by atoms with van der Waals surface area (Å²) in [7, 11) is 0. The van der Waals surface area contributed by atoms with Gasteiger partial charge in [-0.05, 0) is 102 Å². The molecule has 4 aromatic carbocycles. The predicted molar refractivity (Wildman–Crippen MR) is 192 cm³/mol. The minimum absolute atomic E-state index is 0.114. The minimum atomic E-state index is -1.11. The van der Waals surface area contributed by atoms with Gasteiger partial charge in [-0.3, -0.25) is 0 Å². The lowest BCUT2D eigenvalue weighted by atomic mass is 9.94. The second-order valence-electron chi connectivity index (χ2n) is 13.0. The molecule has 0 radical (unpaired) electrons. The second-order valence-corrected chi connectivity index (χ2v) is 14.0. The Kier molecular flexibility index (Phi) is 11.4. The fourth-order valence-corrected chi connectivity index (χ4v) is 6.44. The molecule has 0 fully saturated rings. The number of aryl methyl sites for hydroxylation is 2. The maximum atomic E-state index is 12.9. The molecule has 0 aromatic heterocycles. The van der Waals surface area contributed by atoms with E-state index in [-0.39, 0.29) is 65.5 Å². The van der Waals surface area contributed by atoms with Crippen molar-refractivity contribution in [2.45, 2.75) is 78.7 Å². The Labute approximate surface area is 282 Å². The van der Waals surface area contributed by atoms with E-state index in [0.717, 1.165) is 22.3 Å². The zero-order valence-corrected chi connectivity index (χ0v) is 29.2. The summed E-state index contributed by atoms with van der Waals surface area (Å²) in [4.78, 5) is 14.5. The molecule has 0 aliphatic heterocycles. The molecule has 0 heterocycles. The topological polar surface area (TPSA) is 121 Å². The third-order valence-electron chi connectivity index (χ3n) is 8.64. The first-order valence-corrected chi connectivity index (χ1v) is 17.4. The molecule has 0 spiro atoms. The van der Waals surface area contributed by atoms with E-state index in [1.807, 2.05) is 56.5 Å². The summed E-state index contributed by atoms with van der Waals surface area (Å²) in [6.07, 6.45) is 2.60. The number of carbonyl (C=O) groups is 1. The van der Waals surface area contributed by atoms with E-state index in [0.29, 0.717) is 28.0 Å². The summed E-state index contributed by atoms with van der Waals surface area (Å²) >= 11 is 1.52. The quantitative estimate of drug-likeness (QED) is 0.0967. The lowest BCUT2D eigenvalue weighted by Crippen LogP contribution is -2.39. The fraction of sp³-hybridized carbons (Fsp3) is 0.359. The number of rotatable bonds is 13. The largest absolute Gasteiger partial charge is 0.508 e. The summed E-state index contributed by atoms with van der Waals surface area (Å²) in [6.45, 7) is 12.0. The Bertz CT molecular complexity index is 1630. The molecule has 0 unspecified atom stereocenters. The van der Waals surface area contributed by atoms with Gasteiger partial charge in [-0.1, -0.05) is 64.1 Å². The van der Waals surface area contributed by atoms with Crippen LogP contribution >= 0.6 is 11.8 Å². The number of anilines is 2.